The SMILES string of the molecule is CC(CC(N)CNC(=O)c1cccc(C=O)c1)C(=O)NCC1CCCCC1.CCCN(C)CCC.Cc1cc(F)cc(F)c1. The molecular formula is C35H54F2N4O3. The number of halogens is 2. The van der Waals surface area contributed by atoms with Crippen molar-refractivity contribution in [3.05, 3.63) is 70.8 Å². The zero-order chi connectivity index (χ0) is 32.9. The Bertz CT molecular complexity index is 1070. The van der Waals surface area contributed by atoms with Crippen molar-refractivity contribution < 1.29 is 23.2 Å². The highest BCUT2D eigenvalue weighted by Gasteiger charge is 2.20. The number of aldehydes is 1. The Morgan fingerprint density at radius 2 is 1.61 bits per heavy atom. The second-order valence-electron chi connectivity index (χ2n) is 11.8. The summed E-state index contributed by atoms with van der Waals surface area (Å²) in [6, 6.07) is 9.60. The largest absolute Gasteiger partial charge is 0.356 e. The van der Waals surface area contributed by atoms with Crippen molar-refractivity contribution in [3.8, 4) is 0 Å². The summed E-state index contributed by atoms with van der Waals surface area (Å²) >= 11 is 0. The maximum absolute atomic E-state index is 12.3. The Morgan fingerprint density at radius 3 is 2.16 bits per heavy atom. The maximum Gasteiger partial charge on any atom is 0.251 e. The van der Waals surface area contributed by atoms with Crippen LogP contribution in [0.1, 0.15) is 98.4 Å². The highest BCUT2D eigenvalue weighted by atomic mass is 19.1. The number of amides is 2. The first-order valence-corrected chi connectivity index (χ1v) is 16.0. The van der Waals surface area contributed by atoms with Gasteiger partial charge < -0.3 is 21.3 Å². The molecule has 3 rings (SSSR count). The monoisotopic (exact) mass is 616 g/mol. The average molecular weight is 617 g/mol. The Labute approximate surface area is 263 Å². The van der Waals surface area contributed by atoms with Gasteiger partial charge in [-0.1, -0.05) is 52.2 Å². The molecule has 4 N–H and O–H groups in total. The fourth-order valence-corrected chi connectivity index (χ4v) is 5.10. The predicted molar refractivity (Wildman–Crippen MR) is 175 cm³/mol. The molecule has 9 heteroatoms. The lowest BCUT2D eigenvalue weighted by molar-refractivity contribution is -0.125. The maximum atomic E-state index is 12.3. The highest BCUT2D eigenvalue weighted by Crippen LogP contribution is 2.23. The number of aryl methyl sites for hydroxylation is 1. The molecule has 2 atom stereocenters. The summed E-state index contributed by atoms with van der Waals surface area (Å²) in [5, 5.41) is 5.81. The molecule has 2 aromatic carbocycles. The molecule has 0 bridgehead atoms. The van der Waals surface area contributed by atoms with Crippen molar-refractivity contribution in [3.63, 3.8) is 0 Å². The molecule has 0 heterocycles. The third-order valence-corrected chi connectivity index (χ3v) is 7.42. The normalized spacial score (nSPS) is 14.3. The molecule has 44 heavy (non-hydrogen) atoms. The molecule has 0 spiro atoms. The molecule has 0 aromatic heterocycles. The van der Waals surface area contributed by atoms with Crippen LogP contribution >= 0.6 is 0 Å². The minimum atomic E-state index is -0.521. The van der Waals surface area contributed by atoms with Gasteiger partial charge in [-0.3, -0.25) is 14.4 Å². The van der Waals surface area contributed by atoms with Crippen LogP contribution in [0.15, 0.2) is 42.5 Å². The van der Waals surface area contributed by atoms with Gasteiger partial charge in [-0.15, -0.1) is 0 Å². The molecule has 1 saturated carbocycles. The Balaban J connectivity index is 0.000000462. The van der Waals surface area contributed by atoms with Gasteiger partial charge in [0, 0.05) is 42.2 Å². The summed E-state index contributed by atoms with van der Waals surface area (Å²) in [5.74, 6) is -0.881. The summed E-state index contributed by atoms with van der Waals surface area (Å²) in [7, 11) is 2.17. The molecule has 0 aliphatic heterocycles. The standard InChI is InChI=1S/C21H31N3O3.C7H6F2.C7H17N/c1-15(20(26)23-12-16-6-3-2-4-7-16)10-19(22)13-24-21(27)18-9-5-8-17(11-18)14-25;1-5-2-6(8)4-7(9)3-5;1-4-6-8(3)7-5-2/h5,8-9,11,14-16,19H,2-4,6-7,10,12-13,22H2,1H3,(H,23,26)(H,24,27);2-4H,1H3;4-7H2,1-3H3. The highest BCUT2D eigenvalue weighted by molar-refractivity contribution is 5.95. The van der Waals surface area contributed by atoms with E-state index in [4.69, 9.17) is 5.73 Å². The molecule has 246 valence electrons. The second-order valence-corrected chi connectivity index (χ2v) is 11.8. The van der Waals surface area contributed by atoms with Crippen LogP contribution in [0.4, 0.5) is 8.78 Å². The van der Waals surface area contributed by atoms with Crippen LogP contribution < -0.4 is 16.4 Å². The fraction of sp³-hybridized carbons (Fsp3) is 0.571. The molecule has 2 amide bonds. The summed E-state index contributed by atoms with van der Waals surface area (Å²) in [6.07, 6.45) is 9.99. The number of benzene rings is 2. The summed E-state index contributed by atoms with van der Waals surface area (Å²) < 4.78 is 24.4. The van der Waals surface area contributed by atoms with Crippen LogP contribution in [-0.2, 0) is 4.79 Å². The number of nitrogens with two attached hydrogens (primary N) is 1. The lowest BCUT2D eigenvalue weighted by atomic mass is 9.89. The van der Waals surface area contributed by atoms with E-state index < -0.39 is 11.6 Å². The second kappa shape index (κ2) is 22.4. The van der Waals surface area contributed by atoms with E-state index in [0.717, 1.165) is 12.6 Å². The third-order valence-electron chi connectivity index (χ3n) is 7.42. The number of nitrogens with one attached hydrogen (secondary N) is 2. The molecule has 7 nitrogen and oxygen atoms in total. The number of hydrogen-bond donors (Lipinski definition) is 3. The van der Waals surface area contributed by atoms with Gasteiger partial charge in [0.25, 0.3) is 5.91 Å². The smallest absolute Gasteiger partial charge is 0.251 e. The summed E-state index contributed by atoms with van der Waals surface area (Å²) in [5.41, 5.74) is 7.56. The van der Waals surface area contributed by atoms with Crippen LogP contribution in [0, 0.1) is 30.4 Å². The lowest BCUT2D eigenvalue weighted by Crippen LogP contribution is -2.41. The first-order valence-electron chi connectivity index (χ1n) is 16.0. The van der Waals surface area contributed by atoms with Crippen LogP contribution in [0.5, 0.6) is 0 Å². The first kappa shape index (κ1) is 38.9. The number of nitrogens with zero attached hydrogens (tertiary/aromatic N) is 1. The molecular weight excluding hydrogens is 562 g/mol. The van der Waals surface area contributed by atoms with Crippen LogP contribution in [0.2, 0.25) is 0 Å². The van der Waals surface area contributed by atoms with Gasteiger partial charge in [0.15, 0.2) is 0 Å². The van der Waals surface area contributed by atoms with Gasteiger partial charge in [0.2, 0.25) is 5.91 Å². The molecule has 1 fully saturated rings. The summed E-state index contributed by atoms with van der Waals surface area (Å²) in [4.78, 5) is 37.6. The third kappa shape index (κ3) is 17.2. The van der Waals surface area contributed by atoms with Crippen molar-refractivity contribution in [1.29, 1.82) is 0 Å². The number of hydrogen-bond acceptors (Lipinski definition) is 5. The first-order chi connectivity index (χ1) is 21.0. The molecule has 1 aliphatic rings. The van der Waals surface area contributed by atoms with Crippen molar-refractivity contribution in [2.45, 2.75) is 85.1 Å². The van der Waals surface area contributed by atoms with E-state index in [-0.39, 0.29) is 30.3 Å². The Hall–Kier alpha value is -3.17. The predicted octanol–water partition coefficient (Wildman–Crippen LogP) is 6.29. The van der Waals surface area contributed by atoms with Gasteiger partial charge in [-0.25, -0.2) is 8.78 Å². The average Bonchev–Trinajstić information content (AvgIpc) is 2.99. The van der Waals surface area contributed by atoms with Crippen LogP contribution in [-0.4, -0.2) is 62.3 Å². The summed E-state index contributed by atoms with van der Waals surface area (Å²) in [6.45, 7) is 11.5. The van der Waals surface area contributed by atoms with E-state index in [2.05, 4.69) is 36.4 Å². The number of carbonyl (C=O) groups is 3. The molecule has 2 unspecified atom stereocenters. The van der Waals surface area contributed by atoms with Gasteiger partial charge in [-0.2, -0.15) is 0 Å². The van der Waals surface area contributed by atoms with Crippen molar-refractivity contribution in [2.24, 2.45) is 17.6 Å². The van der Waals surface area contributed by atoms with E-state index in [0.29, 0.717) is 35.3 Å². The van der Waals surface area contributed by atoms with Crippen molar-refractivity contribution in [2.75, 3.05) is 33.2 Å². The fourth-order valence-electron chi connectivity index (χ4n) is 5.10. The van der Waals surface area contributed by atoms with Gasteiger partial charge in [0.1, 0.15) is 17.9 Å². The van der Waals surface area contributed by atoms with Crippen molar-refractivity contribution in [1.82, 2.24) is 15.5 Å². The van der Waals surface area contributed by atoms with E-state index >= 15 is 0 Å². The van der Waals surface area contributed by atoms with Gasteiger partial charge in [-0.05, 0) is 94.9 Å². The van der Waals surface area contributed by atoms with Gasteiger partial charge >= 0.3 is 0 Å². The number of rotatable bonds is 13. The minimum Gasteiger partial charge on any atom is -0.356 e. The minimum absolute atomic E-state index is 0.0287. The van der Waals surface area contributed by atoms with Crippen molar-refractivity contribution >= 4 is 18.1 Å². The lowest BCUT2D eigenvalue weighted by Gasteiger charge is -2.23. The topological polar surface area (TPSA) is 105 Å². The molecule has 0 radical (unpaired) electrons. The zero-order valence-electron chi connectivity index (χ0n) is 27.3. The molecule has 2 aromatic rings. The molecule has 1 aliphatic carbocycles. The number of carbonyl (C=O) groups excluding carboxylic acids is 3. The van der Waals surface area contributed by atoms with Crippen LogP contribution in [0.3, 0.4) is 0 Å². The zero-order valence-corrected chi connectivity index (χ0v) is 27.3. The Kier molecular flexibility index (Phi) is 19.7. The quantitative estimate of drug-likeness (QED) is 0.230. The van der Waals surface area contributed by atoms with Gasteiger partial charge in [0.05, 0.1) is 0 Å². The molecule has 0 saturated heterocycles. The van der Waals surface area contributed by atoms with E-state index in [9.17, 15) is 23.2 Å². The van der Waals surface area contributed by atoms with Crippen LogP contribution in [0.25, 0.3) is 0 Å². The Morgan fingerprint density at radius 1 is 1.00 bits per heavy atom. The van der Waals surface area contributed by atoms with E-state index in [1.54, 1.807) is 25.1 Å². The van der Waals surface area contributed by atoms with E-state index in [1.165, 1.54) is 76.2 Å². The van der Waals surface area contributed by atoms with E-state index in [1.807, 2.05) is 6.92 Å².